The first kappa shape index (κ1) is 16.9. The van der Waals surface area contributed by atoms with Gasteiger partial charge in [-0.25, -0.2) is 4.98 Å². The number of nitrogens with zero attached hydrogens (tertiary/aromatic N) is 2. The molecular formula is C17H20IN3OS. The van der Waals surface area contributed by atoms with Crippen LogP contribution in [0.2, 0.25) is 0 Å². The molecule has 0 atom stereocenters. The van der Waals surface area contributed by atoms with Crippen LogP contribution in [-0.2, 0) is 6.54 Å². The Bertz CT molecular complexity index is 680. The molecule has 23 heavy (non-hydrogen) atoms. The molecule has 2 aromatic rings. The average molecular weight is 441 g/mol. The molecule has 1 aromatic heterocycles. The van der Waals surface area contributed by atoms with Crippen molar-refractivity contribution >= 4 is 45.0 Å². The highest BCUT2D eigenvalue weighted by Gasteiger charge is 2.17. The van der Waals surface area contributed by atoms with Crippen LogP contribution in [0.1, 0.15) is 35.8 Å². The lowest BCUT2D eigenvalue weighted by molar-refractivity contribution is 0.102. The minimum Gasteiger partial charge on any atom is -0.298 e. The number of benzene rings is 1. The number of likely N-dealkylation sites (tertiary alicyclic amines) is 1. The lowest BCUT2D eigenvalue weighted by Crippen LogP contribution is -2.32. The Balaban J connectivity index is 1.58. The van der Waals surface area contributed by atoms with Crippen LogP contribution < -0.4 is 5.32 Å². The molecule has 6 heteroatoms. The molecule has 0 unspecified atom stereocenters. The van der Waals surface area contributed by atoms with Crippen LogP contribution >= 0.6 is 33.9 Å². The molecule has 0 aliphatic carbocycles. The summed E-state index contributed by atoms with van der Waals surface area (Å²) in [7, 11) is 0. The van der Waals surface area contributed by atoms with E-state index in [4.69, 9.17) is 0 Å². The van der Waals surface area contributed by atoms with Crippen LogP contribution in [-0.4, -0.2) is 28.9 Å². The molecule has 1 saturated heterocycles. The average Bonchev–Trinajstić information content (AvgIpc) is 2.96. The number of carbonyl (C=O) groups is 1. The molecule has 1 aromatic carbocycles. The summed E-state index contributed by atoms with van der Waals surface area (Å²) < 4.78 is 1.05. The number of rotatable bonds is 4. The number of thiazole rings is 1. The van der Waals surface area contributed by atoms with Crippen molar-refractivity contribution in [2.75, 3.05) is 18.4 Å². The number of aromatic nitrogens is 1. The van der Waals surface area contributed by atoms with Crippen molar-refractivity contribution in [3.05, 3.63) is 44.5 Å². The molecule has 1 fully saturated rings. The zero-order valence-electron chi connectivity index (χ0n) is 13.1. The summed E-state index contributed by atoms with van der Waals surface area (Å²) in [6.07, 6.45) is 2.53. The fourth-order valence-corrected chi connectivity index (χ4v) is 3.92. The van der Waals surface area contributed by atoms with Crippen LogP contribution in [0.25, 0.3) is 0 Å². The molecule has 122 valence electrons. The van der Waals surface area contributed by atoms with E-state index in [1.807, 2.05) is 29.6 Å². The Labute approximate surface area is 154 Å². The van der Waals surface area contributed by atoms with Crippen LogP contribution in [0.4, 0.5) is 5.13 Å². The van der Waals surface area contributed by atoms with Gasteiger partial charge in [0.25, 0.3) is 5.91 Å². The first-order chi connectivity index (χ1) is 11.1. The second-order valence-electron chi connectivity index (χ2n) is 6.07. The Morgan fingerprint density at radius 2 is 2.22 bits per heavy atom. The van der Waals surface area contributed by atoms with Gasteiger partial charge in [-0.15, -0.1) is 11.3 Å². The third-order valence-electron chi connectivity index (χ3n) is 4.12. The lowest BCUT2D eigenvalue weighted by Gasteiger charge is -2.29. The van der Waals surface area contributed by atoms with Gasteiger partial charge in [0.2, 0.25) is 0 Å². The van der Waals surface area contributed by atoms with Crippen molar-refractivity contribution in [1.29, 1.82) is 0 Å². The molecule has 1 N–H and O–H groups in total. The molecule has 0 bridgehead atoms. The molecule has 1 aliphatic rings. The van der Waals surface area contributed by atoms with Crippen molar-refractivity contribution in [2.24, 2.45) is 5.92 Å². The Morgan fingerprint density at radius 1 is 1.43 bits per heavy atom. The lowest BCUT2D eigenvalue weighted by atomic mass is 9.99. The zero-order chi connectivity index (χ0) is 16.2. The normalized spacial score (nSPS) is 16.4. The van der Waals surface area contributed by atoms with Crippen molar-refractivity contribution < 1.29 is 4.79 Å². The topological polar surface area (TPSA) is 45.2 Å². The van der Waals surface area contributed by atoms with Gasteiger partial charge in [0.15, 0.2) is 5.13 Å². The van der Waals surface area contributed by atoms with Crippen LogP contribution in [0.3, 0.4) is 0 Å². The number of anilines is 1. The molecule has 3 rings (SSSR count). The molecule has 0 spiro atoms. The van der Waals surface area contributed by atoms with Gasteiger partial charge in [-0.1, -0.05) is 13.0 Å². The molecule has 4 nitrogen and oxygen atoms in total. The highest BCUT2D eigenvalue weighted by Crippen LogP contribution is 2.21. The van der Waals surface area contributed by atoms with Gasteiger partial charge in [0.05, 0.1) is 5.69 Å². The summed E-state index contributed by atoms with van der Waals surface area (Å²) >= 11 is 3.70. The van der Waals surface area contributed by atoms with E-state index < -0.39 is 0 Å². The van der Waals surface area contributed by atoms with Crippen LogP contribution in [0, 0.1) is 9.49 Å². The zero-order valence-corrected chi connectivity index (χ0v) is 16.1. The van der Waals surface area contributed by atoms with Crippen molar-refractivity contribution in [3.8, 4) is 0 Å². The van der Waals surface area contributed by atoms with E-state index in [1.54, 1.807) is 0 Å². The second-order valence-corrected chi connectivity index (χ2v) is 8.17. The summed E-state index contributed by atoms with van der Waals surface area (Å²) in [6.45, 7) is 5.48. The highest BCUT2D eigenvalue weighted by atomic mass is 127. The van der Waals surface area contributed by atoms with Gasteiger partial charge in [0.1, 0.15) is 0 Å². The van der Waals surface area contributed by atoms with E-state index in [-0.39, 0.29) is 5.91 Å². The summed E-state index contributed by atoms with van der Waals surface area (Å²) in [5, 5.41) is 5.62. The van der Waals surface area contributed by atoms with E-state index in [2.05, 4.69) is 44.7 Å². The molecule has 1 aliphatic heterocycles. The van der Waals surface area contributed by atoms with Crippen molar-refractivity contribution in [3.63, 3.8) is 0 Å². The maximum Gasteiger partial charge on any atom is 0.257 e. The number of hydrogen-bond donors (Lipinski definition) is 1. The van der Waals surface area contributed by atoms with Crippen molar-refractivity contribution in [2.45, 2.75) is 26.3 Å². The summed E-state index contributed by atoms with van der Waals surface area (Å²) in [5.41, 5.74) is 1.71. The van der Waals surface area contributed by atoms with Gasteiger partial charge in [-0.05, 0) is 72.6 Å². The van der Waals surface area contributed by atoms with Crippen LogP contribution in [0.15, 0.2) is 29.6 Å². The number of piperidine rings is 1. The predicted octanol–water partition coefficient (Wildman–Crippen LogP) is 4.23. The Kier molecular flexibility index (Phi) is 5.66. The fourth-order valence-electron chi connectivity index (χ4n) is 2.69. The first-order valence-corrected chi connectivity index (χ1v) is 9.79. The van der Waals surface area contributed by atoms with E-state index in [9.17, 15) is 4.79 Å². The van der Waals surface area contributed by atoms with Crippen LogP contribution in [0.5, 0.6) is 0 Å². The van der Waals surface area contributed by atoms with Gasteiger partial charge < -0.3 is 0 Å². The quantitative estimate of drug-likeness (QED) is 0.723. The third-order valence-corrected chi connectivity index (χ3v) is 5.60. The first-order valence-electron chi connectivity index (χ1n) is 7.84. The SMILES string of the molecule is CC1CCN(Cc2csc(NC(=O)c3cccc(I)c3)n2)CC1. The maximum absolute atomic E-state index is 12.2. The molecule has 2 heterocycles. The van der Waals surface area contributed by atoms with Gasteiger partial charge in [-0.3, -0.25) is 15.0 Å². The number of amides is 1. The maximum atomic E-state index is 12.2. The molecule has 0 saturated carbocycles. The Morgan fingerprint density at radius 3 is 2.96 bits per heavy atom. The number of nitrogens with one attached hydrogen (secondary N) is 1. The Hall–Kier alpha value is -0.990. The fraction of sp³-hybridized carbons (Fsp3) is 0.412. The standard InChI is InChI=1S/C17H20IN3OS/c1-12-5-7-21(8-6-12)10-15-11-23-17(19-15)20-16(22)13-3-2-4-14(18)9-13/h2-4,9,11-12H,5-8,10H2,1H3,(H,19,20,22). The van der Waals surface area contributed by atoms with Gasteiger partial charge in [0, 0.05) is 21.1 Å². The molecule has 0 radical (unpaired) electrons. The van der Waals surface area contributed by atoms with E-state index in [1.165, 1.54) is 24.2 Å². The number of hydrogen-bond acceptors (Lipinski definition) is 4. The number of halogens is 1. The highest BCUT2D eigenvalue weighted by molar-refractivity contribution is 14.1. The summed E-state index contributed by atoms with van der Waals surface area (Å²) in [4.78, 5) is 19.2. The van der Waals surface area contributed by atoms with Gasteiger partial charge in [-0.2, -0.15) is 0 Å². The molecule has 1 amide bonds. The van der Waals surface area contributed by atoms with E-state index >= 15 is 0 Å². The van der Waals surface area contributed by atoms with E-state index in [0.29, 0.717) is 10.7 Å². The van der Waals surface area contributed by atoms with Crippen molar-refractivity contribution in [1.82, 2.24) is 9.88 Å². The predicted molar refractivity (Wildman–Crippen MR) is 103 cm³/mol. The monoisotopic (exact) mass is 441 g/mol. The summed E-state index contributed by atoms with van der Waals surface area (Å²) in [6, 6.07) is 7.56. The minimum atomic E-state index is -0.101. The van der Waals surface area contributed by atoms with Gasteiger partial charge >= 0.3 is 0 Å². The minimum absolute atomic E-state index is 0.101. The second kappa shape index (κ2) is 7.72. The molecular weight excluding hydrogens is 421 g/mol. The third kappa shape index (κ3) is 4.74. The number of carbonyl (C=O) groups excluding carboxylic acids is 1. The smallest absolute Gasteiger partial charge is 0.257 e. The van der Waals surface area contributed by atoms with E-state index in [0.717, 1.165) is 34.8 Å². The summed E-state index contributed by atoms with van der Waals surface area (Å²) in [5.74, 6) is 0.737. The largest absolute Gasteiger partial charge is 0.298 e.